The molecule has 0 radical (unpaired) electrons. The molecule has 0 spiro atoms. The second-order valence-corrected chi connectivity index (χ2v) is 9.73. The van der Waals surface area contributed by atoms with Crippen LogP contribution in [0.25, 0.3) is 0 Å². The Hall–Kier alpha value is -3.38. The average molecular weight is 533 g/mol. The van der Waals surface area contributed by atoms with Gasteiger partial charge in [0.1, 0.15) is 11.6 Å². The van der Waals surface area contributed by atoms with Crippen molar-refractivity contribution in [3.63, 3.8) is 0 Å². The van der Waals surface area contributed by atoms with Crippen LogP contribution in [0.1, 0.15) is 29.5 Å². The van der Waals surface area contributed by atoms with Gasteiger partial charge >= 0.3 is 6.18 Å². The van der Waals surface area contributed by atoms with Crippen LogP contribution >= 0.6 is 0 Å². The highest BCUT2D eigenvalue weighted by atomic mass is 19.4. The van der Waals surface area contributed by atoms with E-state index in [1.807, 2.05) is 4.90 Å². The third-order valence-electron chi connectivity index (χ3n) is 6.99. The van der Waals surface area contributed by atoms with Crippen molar-refractivity contribution in [1.29, 1.82) is 0 Å². The lowest BCUT2D eigenvalue weighted by atomic mass is 9.80. The maximum atomic E-state index is 13.8. The van der Waals surface area contributed by atoms with Crippen molar-refractivity contribution in [2.75, 3.05) is 81.8 Å². The fraction of sp³-hybridized carbons (Fsp3) is 0.500. The molecular weight excluding hydrogens is 501 g/mol. The van der Waals surface area contributed by atoms with Crippen LogP contribution in [-0.4, -0.2) is 87.5 Å². The molecule has 0 aliphatic carbocycles. The zero-order valence-corrected chi connectivity index (χ0v) is 21.6. The molecule has 0 bridgehead atoms. The van der Waals surface area contributed by atoms with E-state index in [1.54, 1.807) is 27.1 Å². The minimum atomic E-state index is -4.53. The Labute approximate surface area is 219 Å². The number of hydrogen-bond donors (Lipinski definition) is 1. The molecule has 1 aromatic carbocycles. The summed E-state index contributed by atoms with van der Waals surface area (Å²) in [5, 5.41) is 3.29. The molecule has 2 fully saturated rings. The molecular formula is C26H31F3N6O3. The highest BCUT2D eigenvalue weighted by Crippen LogP contribution is 2.47. The maximum Gasteiger partial charge on any atom is 0.416 e. The van der Waals surface area contributed by atoms with Crippen molar-refractivity contribution in [2.24, 2.45) is 0 Å². The largest absolute Gasteiger partial charge is 0.416 e. The predicted molar refractivity (Wildman–Crippen MR) is 136 cm³/mol. The summed E-state index contributed by atoms with van der Waals surface area (Å²) in [5.74, 6) is 0.483. The molecule has 1 amide bonds. The summed E-state index contributed by atoms with van der Waals surface area (Å²) in [7, 11) is 3.25. The number of amides is 1. The molecule has 1 unspecified atom stereocenters. The van der Waals surface area contributed by atoms with Crippen LogP contribution in [-0.2, 0) is 20.4 Å². The number of halogens is 3. The van der Waals surface area contributed by atoms with Crippen molar-refractivity contribution >= 4 is 23.5 Å². The van der Waals surface area contributed by atoms with E-state index in [9.17, 15) is 18.0 Å². The quantitative estimate of drug-likeness (QED) is 0.644. The third-order valence-corrected chi connectivity index (χ3v) is 6.99. The van der Waals surface area contributed by atoms with Gasteiger partial charge in [0.25, 0.3) is 5.91 Å². The molecule has 3 aliphatic rings. The van der Waals surface area contributed by atoms with Gasteiger partial charge in [-0.1, -0.05) is 18.2 Å². The minimum Gasteiger partial charge on any atom is -0.378 e. The molecule has 4 heterocycles. The molecule has 5 rings (SSSR count). The number of carbonyl (C=O) groups excluding carboxylic acids is 1. The van der Waals surface area contributed by atoms with E-state index >= 15 is 0 Å². The molecule has 1 aromatic heterocycles. The molecule has 12 heteroatoms. The first-order valence-electron chi connectivity index (χ1n) is 12.6. The first-order chi connectivity index (χ1) is 18.1. The Morgan fingerprint density at radius 1 is 1.03 bits per heavy atom. The number of alkyl halides is 3. The highest BCUT2D eigenvalue weighted by molar-refractivity contribution is 5.99. The predicted octanol–water partition coefficient (Wildman–Crippen LogP) is 3.09. The summed E-state index contributed by atoms with van der Waals surface area (Å²) in [5.41, 5.74) is 1.06. The van der Waals surface area contributed by atoms with E-state index in [1.165, 1.54) is 11.0 Å². The van der Waals surface area contributed by atoms with Crippen LogP contribution in [0.2, 0.25) is 0 Å². The van der Waals surface area contributed by atoms with Crippen molar-refractivity contribution in [3.8, 4) is 0 Å². The van der Waals surface area contributed by atoms with E-state index in [0.717, 1.165) is 12.1 Å². The van der Waals surface area contributed by atoms with Crippen LogP contribution < -0.4 is 15.1 Å². The molecule has 38 heavy (non-hydrogen) atoms. The summed E-state index contributed by atoms with van der Waals surface area (Å²) in [6, 6.07) is 5.17. The standard InChI is InChI=1S/C26H31F3N6O3/c1-16-19(24(36)33(2)3)20(17-5-4-6-18(15-17)26(27,28)29)21-22(30-16)31-25(35-9-13-38-14-10-35)32-23(21)34-7-11-37-12-8-34/h4-6,15,20H,7-14H2,1-3H3,(H,30,31,32). The fourth-order valence-corrected chi connectivity index (χ4v) is 5.09. The summed E-state index contributed by atoms with van der Waals surface area (Å²) in [6.07, 6.45) is -4.53. The van der Waals surface area contributed by atoms with Gasteiger partial charge in [-0.05, 0) is 18.6 Å². The Balaban J connectivity index is 1.74. The van der Waals surface area contributed by atoms with Gasteiger partial charge in [0, 0.05) is 63.0 Å². The number of benzene rings is 1. The number of rotatable bonds is 4. The molecule has 204 valence electrons. The van der Waals surface area contributed by atoms with Crippen molar-refractivity contribution in [3.05, 3.63) is 52.2 Å². The van der Waals surface area contributed by atoms with Gasteiger partial charge in [-0.15, -0.1) is 0 Å². The summed E-state index contributed by atoms with van der Waals surface area (Å²) >= 11 is 0. The second kappa shape index (κ2) is 10.4. The van der Waals surface area contributed by atoms with Gasteiger partial charge in [0.2, 0.25) is 5.95 Å². The van der Waals surface area contributed by atoms with Crippen LogP contribution in [0.3, 0.4) is 0 Å². The van der Waals surface area contributed by atoms with Gasteiger partial charge in [0.15, 0.2) is 0 Å². The molecule has 9 nitrogen and oxygen atoms in total. The number of aromatic nitrogens is 2. The first-order valence-corrected chi connectivity index (χ1v) is 12.6. The molecule has 2 aromatic rings. The van der Waals surface area contributed by atoms with Gasteiger partial charge < -0.3 is 29.5 Å². The summed E-state index contributed by atoms with van der Waals surface area (Å²) in [4.78, 5) is 28.8. The molecule has 1 atom stereocenters. The number of likely N-dealkylation sites (N-methyl/N-ethyl adjacent to an activating group) is 1. The smallest absolute Gasteiger partial charge is 0.378 e. The Morgan fingerprint density at radius 3 is 2.26 bits per heavy atom. The second-order valence-electron chi connectivity index (χ2n) is 9.73. The maximum absolute atomic E-state index is 13.8. The number of carbonyl (C=O) groups is 1. The van der Waals surface area contributed by atoms with Crippen LogP contribution in [0.15, 0.2) is 35.5 Å². The van der Waals surface area contributed by atoms with E-state index < -0.39 is 17.7 Å². The molecule has 0 saturated carbocycles. The Bertz CT molecular complexity index is 1240. The van der Waals surface area contributed by atoms with Crippen molar-refractivity contribution < 1.29 is 27.4 Å². The van der Waals surface area contributed by atoms with Gasteiger partial charge in [-0.25, -0.2) is 0 Å². The van der Waals surface area contributed by atoms with Crippen LogP contribution in [0.4, 0.5) is 30.8 Å². The molecule has 3 aliphatic heterocycles. The van der Waals surface area contributed by atoms with E-state index in [0.29, 0.717) is 92.6 Å². The number of fused-ring (bicyclic) bond motifs is 1. The lowest BCUT2D eigenvalue weighted by molar-refractivity contribution is -0.137. The summed E-state index contributed by atoms with van der Waals surface area (Å²) < 4.78 is 52.3. The van der Waals surface area contributed by atoms with Crippen molar-refractivity contribution in [1.82, 2.24) is 14.9 Å². The number of nitrogens with zero attached hydrogens (tertiary/aromatic N) is 5. The number of morpholine rings is 2. The average Bonchev–Trinajstić information content (AvgIpc) is 2.91. The number of ether oxygens (including phenoxy) is 2. The van der Waals surface area contributed by atoms with Crippen LogP contribution in [0.5, 0.6) is 0 Å². The minimum absolute atomic E-state index is 0.298. The van der Waals surface area contributed by atoms with E-state index in [2.05, 4.69) is 10.2 Å². The highest BCUT2D eigenvalue weighted by Gasteiger charge is 2.40. The third kappa shape index (κ3) is 5.02. The van der Waals surface area contributed by atoms with E-state index in [-0.39, 0.29) is 5.91 Å². The van der Waals surface area contributed by atoms with Gasteiger partial charge in [0.05, 0.1) is 32.0 Å². The molecule has 1 N–H and O–H groups in total. The monoisotopic (exact) mass is 532 g/mol. The summed E-state index contributed by atoms with van der Waals surface area (Å²) in [6.45, 7) is 6.20. The normalized spacial score (nSPS) is 20.2. The number of hydrogen-bond acceptors (Lipinski definition) is 8. The lowest BCUT2D eigenvalue weighted by Gasteiger charge is -2.37. The zero-order valence-electron chi connectivity index (χ0n) is 21.6. The fourth-order valence-electron chi connectivity index (χ4n) is 5.09. The van der Waals surface area contributed by atoms with E-state index in [4.69, 9.17) is 19.4 Å². The van der Waals surface area contributed by atoms with Crippen LogP contribution in [0, 0.1) is 0 Å². The number of nitrogens with one attached hydrogen (secondary N) is 1. The Kier molecular flexibility index (Phi) is 7.19. The zero-order chi connectivity index (χ0) is 27.0. The van der Waals surface area contributed by atoms with Gasteiger partial charge in [-0.2, -0.15) is 23.1 Å². The number of allylic oxidation sites excluding steroid dienone is 1. The van der Waals surface area contributed by atoms with Crippen molar-refractivity contribution in [2.45, 2.75) is 19.0 Å². The first kappa shape index (κ1) is 26.2. The number of anilines is 3. The molecule has 2 saturated heterocycles. The Morgan fingerprint density at radius 2 is 1.66 bits per heavy atom. The lowest BCUT2D eigenvalue weighted by Crippen LogP contribution is -2.41. The van der Waals surface area contributed by atoms with Gasteiger partial charge in [-0.3, -0.25) is 4.79 Å². The topological polar surface area (TPSA) is 83.1 Å². The SMILES string of the molecule is CC1=C(C(=O)N(C)C)C(c2cccc(C(F)(F)F)c2)c2c(nc(N3CCOCC3)nc2N2CCOCC2)N1.